The molecule has 0 amide bonds. The van der Waals surface area contributed by atoms with Crippen molar-refractivity contribution in [2.75, 3.05) is 0 Å². The lowest BCUT2D eigenvalue weighted by Crippen LogP contribution is -2.28. The average Bonchev–Trinajstić information content (AvgIpc) is 2.41. The van der Waals surface area contributed by atoms with Crippen LogP contribution in [0, 0.1) is 23.2 Å². The van der Waals surface area contributed by atoms with Gasteiger partial charge in [0, 0.05) is 0 Å². The third kappa shape index (κ3) is 1.45. The number of rotatable bonds is 1. The molecule has 0 saturated heterocycles. The molecular weight excluding hydrogens is 156 g/mol. The minimum Gasteiger partial charge on any atom is -0.0882 e. The van der Waals surface area contributed by atoms with Crippen LogP contribution in [-0.2, 0) is 0 Å². The summed E-state index contributed by atoms with van der Waals surface area (Å²) in [5.41, 5.74) is 0.656. The van der Waals surface area contributed by atoms with E-state index in [0.717, 1.165) is 17.8 Å². The summed E-state index contributed by atoms with van der Waals surface area (Å²) in [5.74, 6) is 2.87. The van der Waals surface area contributed by atoms with Gasteiger partial charge in [0.15, 0.2) is 0 Å². The number of hydrogen-bond acceptors (Lipinski definition) is 0. The second-order valence-corrected chi connectivity index (χ2v) is 5.62. The fourth-order valence-corrected chi connectivity index (χ4v) is 3.51. The molecule has 0 radical (unpaired) electrons. The Morgan fingerprint density at radius 3 is 2.77 bits per heavy atom. The van der Waals surface area contributed by atoms with Gasteiger partial charge in [-0.15, -0.1) is 0 Å². The van der Waals surface area contributed by atoms with Gasteiger partial charge in [-0.3, -0.25) is 0 Å². The van der Waals surface area contributed by atoms with E-state index in [-0.39, 0.29) is 0 Å². The van der Waals surface area contributed by atoms with E-state index >= 15 is 0 Å². The summed E-state index contributed by atoms with van der Waals surface area (Å²) in [6.45, 7) is 7.30. The highest BCUT2D eigenvalue weighted by molar-refractivity contribution is 5.06. The van der Waals surface area contributed by atoms with Crippen LogP contribution in [0.25, 0.3) is 0 Å². The fourth-order valence-electron chi connectivity index (χ4n) is 3.51. The summed E-state index contributed by atoms with van der Waals surface area (Å²) >= 11 is 0. The van der Waals surface area contributed by atoms with Gasteiger partial charge in [0.2, 0.25) is 0 Å². The van der Waals surface area contributed by atoms with Crippen molar-refractivity contribution in [1.29, 1.82) is 0 Å². The van der Waals surface area contributed by atoms with Gasteiger partial charge >= 0.3 is 0 Å². The molecule has 0 aliphatic heterocycles. The van der Waals surface area contributed by atoms with Gasteiger partial charge < -0.3 is 0 Å². The first-order valence-corrected chi connectivity index (χ1v) is 5.78. The molecule has 3 atom stereocenters. The predicted octanol–water partition coefficient (Wildman–Crippen LogP) is 4.02. The van der Waals surface area contributed by atoms with Crippen LogP contribution in [0.4, 0.5) is 0 Å². The molecule has 2 aliphatic carbocycles. The van der Waals surface area contributed by atoms with Gasteiger partial charge in [0.05, 0.1) is 0 Å². The molecule has 1 saturated carbocycles. The van der Waals surface area contributed by atoms with Crippen LogP contribution in [-0.4, -0.2) is 0 Å². The predicted molar refractivity (Wildman–Crippen MR) is 57.5 cm³/mol. The molecule has 0 unspecified atom stereocenters. The SMILES string of the molecule is CC(C)[C@@H]1CC[C@]2(C)CC=CC[C@@H]12. The summed E-state index contributed by atoms with van der Waals surface area (Å²) in [5, 5.41) is 0. The normalized spacial score (nSPS) is 44.0. The minimum atomic E-state index is 0.656. The largest absolute Gasteiger partial charge is 0.0882 e. The lowest BCUT2D eigenvalue weighted by Gasteiger charge is -2.37. The topological polar surface area (TPSA) is 0 Å². The fraction of sp³-hybridized carbons (Fsp3) is 0.846. The molecular formula is C13H22. The molecule has 0 aromatic rings. The van der Waals surface area contributed by atoms with E-state index in [2.05, 4.69) is 32.9 Å². The zero-order valence-corrected chi connectivity index (χ0v) is 9.22. The van der Waals surface area contributed by atoms with Gasteiger partial charge in [0.25, 0.3) is 0 Å². The lowest BCUT2D eigenvalue weighted by molar-refractivity contribution is 0.162. The molecule has 0 aromatic heterocycles. The molecule has 74 valence electrons. The van der Waals surface area contributed by atoms with Crippen LogP contribution < -0.4 is 0 Å². The maximum atomic E-state index is 2.50. The third-order valence-corrected chi connectivity index (χ3v) is 4.46. The van der Waals surface area contributed by atoms with E-state index in [0.29, 0.717) is 5.41 Å². The molecule has 2 rings (SSSR count). The van der Waals surface area contributed by atoms with Gasteiger partial charge in [-0.25, -0.2) is 0 Å². The van der Waals surface area contributed by atoms with Gasteiger partial charge in [0.1, 0.15) is 0 Å². The molecule has 0 nitrogen and oxygen atoms in total. The lowest BCUT2D eigenvalue weighted by atomic mass is 9.68. The molecule has 0 spiro atoms. The first kappa shape index (κ1) is 9.30. The Balaban J connectivity index is 2.18. The second kappa shape index (κ2) is 3.15. The smallest absolute Gasteiger partial charge is 0.0257 e. The maximum absolute atomic E-state index is 2.50. The molecule has 0 aromatic carbocycles. The Bertz CT molecular complexity index is 214. The zero-order chi connectivity index (χ0) is 9.47. The van der Waals surface area contributed by atoms with Crippen molar-refractivity contribution in [3.8, 4) is 0 Å². The molecule has 0 heterocycles. The van der Waals surface area contributed by atoms with Crippen molar-refractivity contribution in [2.45, 2.75) is 46.5 Å². The second-order valence-electron chi connectivity index (χ2n) is 5.62. The summed E-state index contributed by atoms with van der Waals surface area (Å²) in [6, 6.07) is 0. The Labute approximate surface area is 82.4 Å². The summed E-state index contributed by atoms with van der Waals surface area (Å²) in [4.78, 5) is 0. The van der Waals surface area contributed by atoms with Gasteiger partial charge in [-0.1, -0.05) is 32.9 Å². The van der Waals surface area contributed by atoms with Crippen molar-refractivity contribution in [3.63, 3.8) is 0 Å². The van der Waals surface area contributed by atoms with Crippen LogP contribution >= 0.6 is 0 Å². The van der Waals surface area contributed by atoms with E-state index < -0.39 is 0 Å². The molecule has 1 fully saturated rings. The van der Waals surface area contributed by atoms with Crippen molar-refractivity contribution >= 4 is 0 Å². The number of allylic oxidation sites excluding steroid dienone is 2. The number of hydrogen-bond donors (Lipinski definition) is 0. The Kier molecular flexibility index (Phi) is 2.25. The molecule has 0 N–H and O–H groups in total. The summed E-state index contributed by atoms with van der Waals surface area (Å²) in [6.07, 6.45) is 10.4. The zero-order valence-electron chi connectivity index (χ0n) is 9.22. The van der Waals surface area contributed by atoms with Crippen molar-refractivity contribution in [1.82, 2.24) is 0 Å². The molecule has 0 heteroatoms. The van der Waals surface area contributed by atoms with Crippen LogP contribution in [0.15, 0.2) is 12.2 Å². The highest BCUT2D eigenvalue weighted by Crippen LogP contribution is 2.54. The van der Waals surface area contributed by atoms with Crippen molar-refractivity contribution in [2.24, 2.45) is 23.2 Å². The number of fused-ring (bicyclic) bond motifs is 1. The first-order chi connectivity index (χ1) is 6.13. The third-order valence-electron chi connectivity index (χ3n) is 4.46. The summed E-state index contributed by atoms with van der Waals surface area (Å²) < 4.78 is 0. The molecule has 2 aliphatic rings. The highest BCUT2D eigenvalue weighted by atomic mass is 14.5. The summed E-state index contributed by atoms with van der Waals surface area (Å²) in [7, 11) is 0. The van der Waals surface area contributed by atoms with E-state index in [1.54, 1.807) is 0 Å². The van der Waals surface area contributed by atoms with Crippen LogP contribution in [0.1, 0.15) is 46.5 Å². The van der Waals surface area contributed by atoms with E-state index in [4.69, 9.17) is 0 Å². The van der Waals surface area contributed by atoms with Crippen LogP contribution in [0.5, 0.6) is 0 Å². The maximum Gasteiger partial charge on any atom is -0.0257 e. The van der Waals surface area contributed by atoms with E-state index in [1.165, 1.54) is 25.7 Å². The standard InChI is InChI=1S/C13H22/c1-10(2)11-7-9-13(3)8-5-4-6-12(11)13/h4-5,10-12H,6-9H2,1-3H3/t11-,12-,13-/m0/s1. The molecule has 0 bridgehead atoms. The minimum absolute atomic E-state index is 0.656. The molecule has 13 heavy (non-hydrogen) atoms. The monoisotopic (exact) mass is 178 g/mol. The van der Waals surface area contributed by atoms with Crippen LogP contribution in [0.2, 0.25) is 0 Å². The average molecular weight is 178 g/mol. The first-order valence-electron chi connectivity index (χ1n) is 5.78. The highest BCUT2D eigenvalue weighted by Gasteiger charge is 2.45. The van der Waals surface area contributed by atoms with E-state index in [1.807, 2.05) is 0 Å². The Morgan fingerprint density at radius 1 is 1.31 bits per heavy atom. The van der Waals surface area contributed by atoms with Crippen molar-refractivity contribution in [3.05, 3.63) is 12.2 Å². The Hall–Kier alpha value is -0.260. The van der Waals surface area contributed by atoms with Crippen LogP contribution in [0.3, 0.4) is 0 Å². The van der Waals surface area contributed by atoms with Gasteiger partial charge in [-0.05, 0) is 48.9 Å². The van der Waals surface area contributed by atoms with Crippen molar-refractivity contribution < 1.29 is 0 Å². The van der Waals surface area contributed by atoms with Gasteiger partial charge in [-0.2, -0.15) is 0 Å². The Morgan fingerprint density at radius 2 is 2.08 bits per heavy atom. The van der Waals surface area contributed by atoms with E-state index in [9.17, 15) is 0 Å². The quantitative estimate of drug-likeness (QED) is 0.532.